The molecule has 2 aromatic carbocycles. The summed E-state index contributed by atoms with van der Waals surface area (Å²) >= 11 is 0. The molecule has 0 saturated carbocycles. The first-order valence-corrected chi connectivity index (χ1v) is 11.6. The van der Waals surface area contributed by atoms with E-state index in [0.717, 1.165) is 6.42 Å². The highest BCUT2D eigenvalue weighted by atomic mass is 32.2. The average molecular weight is 413 g/mol. The molecule has 0 amide bonds. The average Bonchev–Trinajstić information content (AvgIpc) is 2.60. The third-order valence-corrected chi connectivity index (χ3v) is 7.93. The second-order valence-corrected chi connectivity index (χ2v) is 10.2. The Bertz CT molecular complexity index is 1050. The van der Waals surface area contributed by atoms with Gasteiger partial charge in [0.2, 0.25) is 20.0 Å². The van der Waals surface area contributed by atoms with E-state index in [1.807, 2.05) is 0 Å². The largest absolute Gasteiger partial charge is 0.270 e. The third kappa shape index (κ3) is 4.31. The molecule has 6 nitrogen and oxygen atoms in total. The molecular formula is C18H21FN2O4S2. The second kappa shape index (κ2) is 7.57. The predicted octanol–water partition coefficient (Wildman–Crippen LogP) is 2.54. The Kier molecular flexibility index (Phi) is 5.55. The van der Waals surface area contributed by atoms with Crippen LogP contribution < -0.4 is 9.03 Å². The smallest absolute Gasteiger partial charge is 0.241 e. The maximum absolute atomic E-state index is 13.7. The molecule has 1 heterocycles. The molecule has 1 saturated heterocycles. The summed E-state index contributed by atoms with van der Waals surface area (Å²) in [4.78, 5) is 0.0389. The summed E-state index contributed by atoms with van der Waals surface area (Å²) in [5.74, 6) is -0.390. The topological polar surface area (TPSA) is 83.6 Å². The van der Waals surface area contributed by atoms with E-state index in [1.165, 1.54) is 34.6 Å². The monoisotopic (exact) mass is 412 g/mol. The number of hydrogen-bond donors (Lipinski definition) is 1. The van der Waals surface area contributed by atoms with Crippen LogP contribution in [0.15, 0.2) is 47.4 Å². The number of halogens is 1. The predicted molar refractivity (Wildman–Crippen MR) is 102 cm³/mol. The van der Waals surface area contributed by atoms with Crippen molar-refractivity contribution in [3.63, 3.8) is 0 Å². The van der Waals surface area contributed by atoms with Crippen LogP contribution in [-0.2, 0) is 26.6 Å². The summed E-state index contributed by atoms with van der Waals surface area (Å²) < 4.78 is 67.0. The molecule has 3 rings (SSSR count). The van der Waals surface area contributed by atoms with Crippen molar-refractivity contribution >= 4 is 25.7 Å². The maximum atomic E-state index is 13.7. The van der Waals surface area contributed by atoms with Crippen molar-refractivity contribution < 1.29 is 21.2 Å². The van der Waals surface area contributed by atoms with Crippen LogP contribution in [-0.4, -0.2) is 29.1 Å². The summed E-state index contributed by atoms with van der Waals surface area (Å²) in [6.07, 6.45) is 1.40. The van der Waals surface area contributed by atoms with Crippen LogP contribution in [0.25, 0.3) is 0 Å². The van der Waals surface area contributed by atoms with Crippen molar-refractivity contribution in [1.29, 1.82) is 0 Å². The minimum atomic E-state index is -3.87. The van der Waals surface area contributed by atoms with E-state index < -0.39 is 25.9 Å². The van der Waals surface area contributed by atoms with E-state index in [4.69, 9.17) is 0 Å². The van der Waals surface area contributed by atoms with E-state index in [0.29, 0.717) is 24.2 Å². The van der Waals surface area contributed by atoms with Crippen molar-refractivity contribution in [2.75, 3.05) is 16.6 Å². The Balaban J connectivity index is 1.83. The fourth-order valence-electron chi connectivity index (χ4n) is 3.06. The lowest BCUT2D eigenvalue weighted by atomic mass is 10.2. The zero-order valence-electron chi connectivity index (χ0n) is 14.9. The lowest BCUT2D eigenvalue weighted by Gasteiger charge is -2.28. The van der Waals surface area contributed by atoms with Gasteiger partial charge in [-0.3, -0.25) is 4.31 Å². The minimum absolute atomic E-state index is 0.0389. The van der Waals surface area contributed by atoms with Crippen molar-refractivity contribution in [1.82, 2.24) is 4.72 Å². The summed E-state index contributed by atoms with van der Waals surface area (Å²) in [5.41, 5.74) is 1.13. The first kappa shape index (κ1) is 19.8. The number of aryl methyl sites for hydroxylation is 1. The van der Waals surface area contributed by atoms with E-state index >= 15 is 0 Å². The van der Waals surface area contributed by atoms with E-state index in [1.54, 1.807) is 19.1 Å². The Morgan fingerprint density at radius 1 is 1.15 bits per heavy atom. The Morgan fingerprint density at radius 3 is 2.56 bits per heavy atom. The number of hydrogen-bond acceptors (Lipinski definition) is 4. The van der Waals surface area contributed by atoms with Gasteiger partial charge in [0.25, 0.3) is 0 Å². The number of sulfonamides is 2. The molecule has 0 spiro atoms. The zero-order chi connectivity index (χ0) is 19.7. The van der Waals surface area contributed by atoms with Gasteiger partial charge in [-0.2, -0.15) is 0 Å². The van der Waals surface area contributed by atoms with Crippen LogP contribution in [0.1, 0.15) is 24.0 Å². The molecular weight excluding hydrogens is 391 g/mol. The first-order chi connectivity index (χ1) is 12.7. The SMILES string of the molecule is Cc1cc(N2CCCCS2(=O)=O)ccc1S(=O)(=O)NCc1ccccc1F. The third-order valence-electron chi connectivity index (χ3n) is 4.50. The molecule has 0 bridgehead atoms. The molecule has 9 heteroatoms. The Morgan fingerprint density at radius 2 is 1.89 bits per heavy atom. The molecule has 0 aromatic heterocycles. The fraction of sp³-hybridized carbons (Fsp3) is 0.333. The van der Waals surface area contributed by atoms with E-state index in [9.17, 15) is 21.2 Å². The molecule has 1 N–H and O–H groups in total. The quantitative estimate of drug-likeness (QED) is 0.818. The van der Waals surface area contributed by atoms with E-state index in [2.05, 4.69) is 4.72 Å². The first-order valence-electron chi connectivity index (χ1n) is 8.55. The molecule has 1 aliphatic heterocycles. The van der Waals surface area contributed by atoms with Crippen molar-refractivity contribution in [3.05, 3.63) is 59.4 Å². The maximum Gasteiger partial charge on any atom is 0.241 e. The van der Waals surface area contributed by atoms with Gasteiger partial charge < -0.3 is 0 Å². The van der Waals surface area contributed by atoms with Crippen LogP contribution in [0.2, 0.25) is 0 Å². The summed E-state index contributed by atoms with van der Waals surface area (Å²) in [7, 11) is -7.23. The number of benzene rings is 2. The molecule has 0 radical (unpaired) electrons. The van der Waals surface area contributed by atoms with Gasteiger partial charge >= 0.3 is 0 Å². The standard InChI is InChI=1S/C18H21FN2O4S2/c1-14-12-16(21-10-4-5-11-26(21,22)23)8-9-18(14)27(24,25)20-13-15-6-2-3-7-17(15)19/h2-3,6-9,12,20H,4-5,10-11,13H2,1H3. The molecule has 27 heavy (non-hydrogen) atoms. The molecule has 0 aliphatic carbocycles. The Hall–Kier alpha value is -1.97. The number of anilines is 1. The Labute approximate surface area is 159 Å². The van der Waals surface area contributed by atoms with Gasteiger partial charge in [-0.05, 0) is 49.6 Å². The highest BCUT2D eigenvalue weighted by Gasteiger charge is 2.27. The minimum Gasteiger partial charge on any atom is -0.270 e. The normalized spacial score (nSPS) is 17.0. The van der Waals surface area contributed by atoms with Gasteiger partial charge in [-0.1, -0.05) is 18.2 Å². The van der Waals surface area contributed by atoms with Crippen LogP contribution in [0.4, 0.5) is 10.1 Å². The molecule has 1 fully saturated rings. The van der Waals surface area contributed by atoms with Gasteiger partial charge in [0.1, 0.15) is 5.82 Å². The van der Waals surface area contributed by atoms with Gasteiger partial charge in [0, 0.05) is 18.7 Å². The molecule has 1 aliphatic rings. The highest BCUT2D eigenvalue weighted by Crippen LogP contribution is 2.27. The van der Waals surface area contributed by atoms with Gasteiger partial charge in [-0.25, -0.2) is 25.9 Å². The van der Waals surface area contributed by atoms with Crippen molar-refractivity contribution in [2.24, 2.45) is 0 Å². The number of nitrogens with one attached hydrogen (secondary N) is 1. The lowest BCUT2D eigenvalue weighted by molar-refractivity contribution is 0.573. The van der Waals surface area contributed by atoms with Gasteiger partial charge in [-0.15, -0.1) is 0 Å². The summed E-state index contributed by atoms with van der Waals surface area (Å²) in [6.45, 7) is 1.83. The van der Waals surface area contributed by atoms with Gasteiger partial charge in [0.15, 0.2) is 0 Å². The van der Waals surface area contributed by atoms with Crippen molar-refractivity contribution in [2.45, 2.75) is 31.2 Å². The number of nitrogens with zero attached hydrogens (tertiary/aromatic N) is 1. The van der Waals surface area contributed by atoms with Crippen molar-refractivity contribution in [3.8, 4) is 0 Å². The molecule has 0 unspecified atom stereocenters. The fourth-order valence-corrected chi connectivity index (χ4v) is 5.92. The summed E-state index contributed by atoms with van der Waals surface area (Å²) in [6, 6.07) is 10.4. The second-order valence-electron chi connectivity index (χ2n) is 6.46. The van der Waals surface area contributed by atoms with Crippen LogP contribution in [0.5, 0.6) is 0 Å². The lowest BCUT2D eigenvalue weighted by Crippen LogP contribution is -2.37. The molecule has 2 aromatic rings. The zero-order valence-corrected chi connectivity index (χ0v) is 16.5. The highest BCUT2D eigenvalue weighted by molar-refractivity contribution is 7.92. The van der Waals surface area contributed by atoms with Crippen LogP contribution in [0.3, 0.4) is 0 Å². The molecule has 0 atom stereocenters. The molecule has 146 valence electrons. The van der Waals surface area contributed by atoms with E-state index in [-0.39, 0.29) is 22.8 Å². The number of rotatable bonds is 5. The van der Waals surface area contributed by atoms with Crippen LogP contribution in [0, 0.1) is 12.7 Å². The van der Waals surface area contributed by atoms with Crippen LogP contribution >= 0.6 is 0 Å². The summed E-state index contributed by atoms with van der Waals surface area (Å²) in [5, 5.41) is 0. The van der Waals surface area contributed by atoms with Gasteiger partial charge in [0.05, 0.1) is 16.3 Å².